The van der Waals surface area contributed by atoms with Gasteiger partial charge in [-0.15, -0.1) is 0 Å². The van der Waals surface area contributed by atoms with Crippen molar-refractivity contribution in [2.45, 2.75) is 12.6 Å². The van der Waals surface area contributed by atoms with Crippen LogP contribution < -0.4 is 5.32 Å². The van der Waals surface area contributed by atoms with E-state index in [1.165, 1.54) is 0 Å². The largest absolute Gasteiger partial charge is 0.480 e. The van der Waals surface area contributed by atoms with Crippen molar-refractivity contribution < 1.29 is 19.4 Å². The zero-order valence-electron chi connectivity index (χ0n) is 11.9. The van der Waals surface area contributed by atoms with Crippen molar-refractivity contribution in [3.63, 3.8) is 0 Å². The lowest BCUT2D eigenvalue weighted by atomic mass is 10.2. The number of carbonyl (C=O) groups excluding carboxylic acids is 1. The minimum atomic E-state index is -1.13. The van der Waals surface area contributed by atoms with Crippen LogP contribution in [0.15, 0.2) is 60.7 Å². The van der Waals surface area contributed by atoms with E-state index in [9.17, 15) is 14.7 Å². The Morgan fingerprint density at radius 2 is 1.59 bits per heavy atom. The van der Waals surface area contributed by atoms with Crippen molar-refractivity contribution in [3.8, 4) is 0 Å². The van der Waals surface area contributed by atoms with E-state index < -0.39 is 17.9 Å². The van der Waals surface area contributed by atoms with Gasteiger partial charge in [-0.1, -0.05) is 48.5 Å². The van der Waals surface area contributed by atoms with Crippen LogP contribution in [0.5, 0.6) is 0 Å². The first kappa shape index (κ1) is 15.7. The van der Waals surface area contributed by atoms with Crippen LogP contribution in [0.1, 0.15) is 15.9 Å². The Labute approximate surface area is 128 Å². The number of amides is 1. The van der Waals surface area contributed by atoms with Crippen LogP contribution >= 0.6 is 0 Å². The van der Waals surface area contributed by atoms with Gasteiger partial charge in [-0.05, 0) is 17.7 Å². The summed E-state index contributed by atoms with van der Waals surface area (Å²) in [6.07, 6.45) is 0. The van der Waals surface area contributed by atoms with Gasteiger partial charge in [-0.3, -0.25) is 4.79 Å². The average molecular weight is 299 g/mol. The number of carbonyl (C=O) groups is 2. The zero-order chi connectivity index (χ0) is 15.8. The van der Waals surface area contributed by atoms with Gasteiger partial charge in [-0.2, -0.15) is 0 Å². The standard InChI is InChI=1S/C17H17NO4/c19-16(14-9-5-2-6-10-14)18-15(17(20)21)12-22-11-13-7-3-1-4-8-13/h1-10,15H,11-12H2,(H,18,19)(H,20,21)/t15-/m0/s1. The van der Waals surface area contributed by atoms with Gasteiger partial charge in [0.25, 0.3) is 5.91 Å². The predicted molar refractivity (Wildman–Crippen MR) is 81.4 cm³/mol. The first-order chi connectivity index (χ1) is 10.7. The average Bonchev–Trinajstić information content (AvgIpc) is 2.55. The van der Waals surface area contributed by atoms with Gasteiger partial charge < -0.3 is 15.2 Å². The molecule has 0 aliphatic heterocycles. The fraction of sp³-hybridized carbons (Fsp3) is 0.176. The molecule has 2 aromatic rings. The van der Waals surface area contributed by atoms with E-state index in [2.05, 4.69) is 5.32 Å². The zero-order valence-corrected chi connectivity index (χ0v) is 11.9. The highest BCUT2D eigenvalue weighted by Crippen LogP contribution is 2.03. The Morgan fingerprint density at radius 1 is 1.00 bits per heavy atom. The van der Waals surface area contributed by atoms with Gasteiger partial charge in [0.05, 0.1) is 13.2 Å². The summed E-state index contributed by atoms with van der Waals surface area (Å²) in [4.78, 5) is 23.2. The third-order valence-corrected chi connectivity index (χ3v) is 3.04. The van der Waals surface area contributed by atoms with Crippen LogP contribution in [-0.2, 0) is 16.1 Å². The summed E-state index contributed by atoms with van der Waals surface area (Å²) in [5.41, 5.74) is 1.36. The molecule has 2 aromatic carbocycles. The molecule has 0 heterocycles. The Hall–Kier alpha value is -2.66. The van der Waals surface area contributed by atoms with E-state index in [1.807, 2.05) is 30.3 Å². The number of carboxylic acids is 1. The van der Waals surface area contributed by atoms with Gasteiger partial charge in [0.2, 0.25) is 0 Å². The Morgan fingerprint density at radius 3 is 2.18 bits per heavy atom. The number of aliphatic carboxylic acids is 1. The number of nitrogens with one attached hydrogen (secondary N) is 1. The topological polar surface area (TPSA) is 75.6 Å². The monoisotopic (exact) mass is 299 g/mol. The number of rotatable bonds is 7. The molecule has 2 rings (SSSR count). The number of carboxylic acid groups (broad SMARTS) is 1. The minimum absolute atomic E-state index is 0.0944. The molecule has 1 amide bonds. The van der Waals surface area contributed by atoms with E-state index in [1.54, 1.807) is 30.3 Å². The lowest BCUT2D eigenvalue weighted by Crippen LogP contribution is -2.44. The summed E-state index contributed by atoms with van der Waals surface area (Å²) in [7, 11) is 0. The molecule has 0 fully saturated rings. The second kappa shape index (κ2) is 7.95. The lowest BCUT2D eigenvalue weighted by molar-refractivity contribution is -0.141. The summed E-state index contributed by atoms with van der Waals surface area (Å²) >= 11 is 0. The maximum atomic E-state index is 12.0. The first-order valence-corrected chi connectivity index (χ1v) is 6.87. The fourth-order valence-electron chi connectivity index (χ4n) is 1.87. The van der Waals surface area contributed by atoms with E-state index in [0.717, 1.165) is 5.56 Å². The fourth-order valence-corrected chi connectivity index (χ4v) is 1.87. The highest BCUT2D eigenvalue weighted by atomic mass is 16.5. The van der Waals surface area contributed by atoms with Gasteiger partial charge >= 0.3 is 5.97 Å². The molecular weight excluding hydrogens is 282 g/mol. The maximum absolute atomic E-state index is 12.0. The van der Waals surface area contributed by atoms with E-state index >= 15 is 0 Å². The normalized spacial score (nSPS) is 11.6. The van der Waals surface area contributed by atoms with Crippen molar-refractivity contribution >= 4 is 11.9 Å². The molecule has 1 atom stereocenters. The van der Waals surface area contributed by atoms with Gasteiger partial charge in [0.1, 0.15) is 0 Å². The molecule has 114 valence electrons. The first-order valence-electron chi connectivity index (χ1n) is 6.87. The van der Waals surface area contributed by atoms with Gasteiger partial charge in [0.15, 0.2) is 6.04 Å². The molecule has 0 aliphatic rings. The molecule has 0 bridgehead atoms. The van der Waals surface area contributed by atoms with Crippen LogP contribution in [-0.4, -0.2) is 29.6 Å². The summed E-state index contributed by atoms with van der Waals surface area (Å²) in [6.45, 7) is 0.203. The Balaban J connectivity index is 1.87. The van der Waals surface area contributed by atoms with Crippen molar-refractivity contribution in [1.29, 1.82) is 0 Å². The number of hydrogen-bond acceptors (Lipinski definition) is 3. The van der Waals surface area contributed by atoms with E-state index in [4.69, 9.17) is 4.74 Å². The van der Waals surface area contributed by atoms with E-state index in [-0.39, 0.29) is 6.61 Å². The molecule has 0 spiro atoms. The van der Waals surface area contributed by atoms with Crippen molar-refractivity contribution in [3.05, 3.63) is 71.8 Å². The van der Waals surface area contributed by atoms with Gasteiger partial charge in [0, 0.05) is 5.56 Å². The van der Waals surface area contributed by atoms with Crippen molar-refractivity contribution in [2.75, 3.05) is 6.61 Å². The number of benzene rings is 2. The smallest absolute Gasteiger partial charge is 0.328 e. The van der Waals surface area contributed by atoms with Crippen molar-refractivity contribution in [2.24, 2.45) is 0 Å². The van der Waals surface area contributed by atoms with Crippen LogP contribution in [0.25, 0.3) is 0 Å². The van der Waals surface area contributed by atoms with Crippen LogP contribution in [0.4, 0.5) is 0 Å². The van der Waals surface area contributed by atoms with E-state index in [0.29, 0.717) is 12.2 Å². The maximum Gasteiger partial charge on any atom is 0.328 e. The number of hydrogen-bond donors (Lipinski definition) is 2. The molecule has 0 unspecified atom stereocenters. The molecule has 22 heavy (non-hydrogen) atoms. The molecule has 0 saturated heterocycles. The van der Waals surface area contributed by atoms with Crippen molar-refractivity contribution in [1.82, 2.24) is 5.32 Å². The van der Waals surface area contributed by atoms with Gasteiger partial charge in [-0.25, -0.2) is 4.79 Å². The second-order valence-corrected chi connectivity index (χ2v) is 4.73. The van der Waals surface area contributed by atoms with Crippen LogP contribution in [0.2, 0.25) is 0 Å². The summed E-state index contributed by atoms with van der Waals surface area (Å²) in [6, 6.07) is 16.8. The predicted octanol–water partition coefficient (Wildman–Crippen LogP) is 2.09. The molecule has 0 aromatic heterocycles. The highest BCUT2D eigenvalue weighted by Gasteiger charge is 2.20. The summed E-state index contributed by atoms with van der Waals surface area (Å²) in [5.74, 6) is -1.56. The molecule has 2 N–H and O–H groups in total. The lowest BCUT2D eigenvalue weighted by Gasteiger charge is -2.15. The highest BCUT2D eigenvalue weighted by molar-refractivity contribution is 5.96. The minimum Gasteiger partial charge on any atom is -0.480 e. The molecule has 5 nitrogen and oxygen atoms in total. The van der Waals surface area contributed by atoms with Crippen LogP contribution in [0, 0.1) is 0 Å². The molecule has 0 radical (unpaired) electrons. The quantitative estimate of drug-likeness (QED) is 0.821. The summed E-state index contributed by atoms with van der Waals surface area (Å²) in [5, 5.41) is 11.6. The third kappa shape index (κ3) is 4.71. The molecular formula is C17H17NO4. The number of ether oxygens (including phenoxy) is 1. The summed E-state index contributed by atoms with van der Waals surface area (Å²) < 4.78 is 5.38. The SMILES string of the molecule is O=C(N[C@@H](COCc1ccccc1)C(=O)O)c1ccccc1. The Bertz CT molecular complexity index is 613. The second-order valence-electron chi connectivity index (χ2n) is 4.73. The molecule has 0 saturated carbocycles. The molecule has 0 aliphatic carbocycles. The third-order valence-electron chi connectivity index (χ3n) is 3.04. The Kier molecular flexibility index (Phi) is 5.68. The molecule has 5 heteroatoms. The van der Waals surface area contributed by atoms with Crippen LogP contribution in [0.3, 0.4) is 0 Å².